The van der Waals surface area contributed by atoms with Crippen molar-refractivity contribution in [2.45, 2.75) is 0 Å². The van der Waals surface area contributed by atoms with E-state index >= 15 is 0 Å². The molecule has 1 saturated heterocycles. The van der Waals surface area contributed by atoms with Crippen molar-refractivity contribution in [1.82, 2.24) is 9.88 Å². The standard InChI is InChI=1S/C20H18FN3O/c21-17-6-3-5-16(14-17)20(25)24-12-10-23(11-13-24)19-9-8-15-4-1-2-7-18(15)22-19/h1-9,14H,10-13H2. The minimum Gasteiger partial charge on any atom is -0.353 e. The maximum Gasteiger partial charge on any atom is 0.254 e. The fourth-order valence-electron chi connectivity index (χ4n) is 3.17. The molecule has 1 aliphatic rings. The molecule has 4 nitrogen and oxygen atoms in total. The largest absolute Gasteiger partial charge is 0.353 e. The van der Waals surface area contributed by atoms with Crippen LogP contribution in [0.2, 0.25) is 0 Å². The predicted octanol–water partition coefficient (Wildman–Crippen LogP) is 3.34. The Kier molecular flexibility index (Phi) is 4.06. The van der Waals surface area contributed by atoms with Gasteiger partial charge in [-0.1, -0.05) is 24.3 Å². The molecule has 0 bridgehead atoms. The smallest absolute Gasteiger partial charge is 0.254 e. The van der Waals surface area contributed by atoms with Gasteiger partial charge < -0.3 is 9.80 Å². The van der Waals surface area contributed by atoms with Crippen molar-refractivity contribution in [3.63, 3.8) is 0 Å². The Bertz CT molecular complexity index is 919. The first-order valence-electron chi connectivity index (χ1n) is 8.36. The van der Waals surface area contributed by atoms with E-state index in [0.717, 1.165) is 16.7 Å². The number of rotatable bonds is 2. The second kappa shape index (κ2) is 6.51. The third-order valence-electron chi connectivity index (χ3n) is 4.55. The first kappa shape index (κ1) is 15.6. The van der Waals surface area contributed by atoms with Crippen molar-refractivity contribution < 1.29 is 9.18 Å². The predicted molar refractivity (Wildman–Crippen MR) is 96.3 cm³/mol. The number of carbonyl (C=O) groups is 1. The first-order valence-corrected chi connectivity index (χ1v) is 8.36. The van der Waals surface area contributed by atoms with E-state index in [2.05, 4.69) is 11.0 Å². The topological polar surface area (TPSA) is 36.4 Å². The molecule has 1 amide bonds. The maximum atomic E-state index is 13.3. The van der Waals surface area contributed by atoms with E-state index in [1.165, 1.54) is 12.1 Å². The van der Waals surface area contributed by atoms with Gasteiger partial charge in [0.05, 0.1) is 5.52 Å². The molecule has 4 rings (SSSR count). The third kappa shape index (κ3) is 3.18. The molecule has 1 aliphatic heterocycles. The number of fused-ring (bicyclic) bond motifs is 1. The van der Waals surface area contributed by atoms with Crippen molar-refractivity contribution in [3.05, 3.63) is 72.0 Å². The number of nitrogens with zero attached hydrogens (tertiary/aromatic N) is 3. The molecular weight excluding hydrogens is 317 g/mol. The van der Waals surface area contributed by atoms with E-state index in [1.54, 1.807) is 17.0 Å². The van der Waals surface area contributed by atoms with Crippen molar-refractivity contribution in [3.8, 4) is 0 Å². The zero-order valence-electron chi connectivity index (χ0n) is 13.7. The van der Waals surface area contributed by atoms with Crippen LogP contribution in [0.1, 0.15) is 10.4 Å². The highest BCUT2D eigenvalue weighted by molar-refractivity contribution is 5.94. The summed E-state index contributed by atoms with van der Waals surface area (Å²) in [6.07, 6.45) is 0. The maximum absolute atomic E-state index is 13.3. The highest BCUT2D eigenvalue weighted by atomic mass is 19.1. The monoisotopic (exact) mass is 335 g/mol. The number of halogens is 1. The fourth-order valence-corrected chi connectivity index (χ4v) is 3.17. The first-order chi connectivity index (χ1) is 12.2. The minimum absolute atomic E-state index is 0.120. The van der Waals surface area contributed by atoms with Crippen LogP contribution in [0.4, 0.5) is 10.2 Å². The second-order valence-electron chi connectivity index (χ2n) is 6.15. The van der Waals surface area contributed by atoms with Gasteiger partial charge in [-0.25, -0.2) is 9.37 Å². The van der Waals surface area contributed by atoms with Crippen LogP contribution in [0, 0.1) is 5.82 Å². The van der Waals surface area contributed by atoms with Gasteiger partial charge in [0, 0.05) is 37.1 Å². The van der Waals surface area contributed by atoms with Crippen LogP contribution in [-0.2, 0) is 0 Å². The average Bonchev–Trinajstić information content (AvgIpc) is 2.67. The van der Waals surface area contributed by atoms with Crippen molar-refractivity contribution in [2.24, 2.45) is 0 Å². The Morgan fingerprint density at radius 1 is 0.920 bits per heavy atom. The lowest BCUT2D eigenvalue weighted by molar-refractivity contribution is 0.0746. The number of benzene rings is 2. The molecular formula is C20H18FN3O. The van der Waals surface area contributed by atoms with Crippen LogP contribution < -0.4 is 4.90 Å². The number of anilines is 1. The number of aromatic nitrogens is 1. The third-order valence-corrected chi connectivity index (χ3v) is 4.55. The van der Waals surface area contributed by atoms with E-state index in [0.29, 0.717) is 31.7 Å². The molecule has 3 aromatic rings. The molecule has 1 fully saturated rings. The molecule has 0 unspecified atom stereocenters. The Hall–Kier alpha value is -2.95. The number of para-hydroxylation sites is 1. The molecule has 0 spiro atoms. The lowest BCUT2D eigenvalue weighted by Gasteiger charge is -2.35. The van der Waals surface area contributed by atoms with E-state index < -0.39 is 0 Å². The van der Waals surface area contributed by atoms with E-state index in [4.69, 9.17) is 4.98 Å². The normalized spacial score (nSPS) is 14.8. The summed E-state index contributed by atoms with van der Waals surface area (Å²) in [5.41, 5.74) is 1.37. The van der Waals surface area contributed by atoms with Gasteiger partial charge in [-0.3, -0.25) is 4.79 Å². The van der Waals surface area contributed by atoms with Gasteiger partial charge in [0.2, 0.25) is 0 Å². The fraction of sp³-hybridized carbons (Fsp3) is 0.200. The molecule has 0 aliphatic carbocycles. The zero-order chi connectivity index (χ0) is 17.2. The van der Waals surface area contributed by atoms with E-state index in [1.807, 2.05) is 30.3 Å². The number of amides is 1. The Morgan fingerprint density at radius 2 is 1.72 bits per heavy atom. The summed E-state index contributed by atoms with van der Waals surface area (Å²) in [4.78, 5) is 21.2. The SMILES string of the molecule is O=C(c1cccc(F)c1)N1CCN(c2ccc3ccccc3n2)CC1. The number of carbonyl (C=O) groups excluding carboxylic acids is 1. The Morgan fingerprint density at radius 3 is 2.52 bits per heavy atom. The molecule has 5 heteroatoms. The molecule has 0 radical (unpaired) electrons. The van der Waals surface area contributed by atoms with Crippen LogP contribution >= 0.6 is 0 Å². The highest BCUT2D eigenvalue weighted by Crippen LogP contribution is 2.20. The van der Waals surface area contributed by atoms with Crippen LogP contribution in [-0.4, -0.2) is 42.0 Å². The van der Waals surface area contributed by atoms with Gasteiger partial charge in [0.25, 0.3) is 5.91 Å². The lowest BCUT2D eigenvalue weighted by atomic mass is 10.1. The van der Waals surface area contributed by atoms with Crippen LogP contribution in [0.3, 0.4) is 0 Å². The molecule has 0 atom stereocenters. The van der Waals surface area contributed by atoms with Gasteiger partial charge in [0.15, 0.2) is 0 Å². The quantitative estimate of drug-likeness (QED) is 0.721. The lowest BCUT2D eigenvalue weighted by Crippen LogP contribution is -2.49. The van der Waals surface area contributed by atoms with E-state index in [-0.39, 0.29) is 11.7 Å². The highest BCUT2D eigenvalue weighted by Gasteiger charge is 2.23. The van der Waals surface area contributed by atoms with Gasteiger partial charge in [-0.15, -0.1) is 0 Å². The Balaban J connectivity index is 1.46. The Labute approximate surface area is 145 Å². The molecule has 126 valence electrons. The number of piperazine rings is 1. The molecule has 2 heterocycles. The molecule has 0 N–H and O–H groups in total. The van der Waals surface area contributed by atoms with Gasteiger partial charge >= 0.3 is 0 Å². The zero-order valence-corrected chi connectivity index (χ0v) is 13.7. The summed E-state index contributed by atoms with van der Waals surface area (Å²) in [6, 6.07) is 18.0. The van der Waals surface area contributed by atoms with Gasteiger partial charge in [-0.2, -0.15) is 0 Å². The number of hydrogen-bond donors (Lipinski definition) is 0. The minimum atomic E-state index is -0.384. The second-order valence-corrected chi connectivity index (χ2v) is 6.15. The summed E-state index contributed by atoms with van der Waals surface area (Å²) in [7, 11) is 0. The molecule has 0 saturated carbocycles. The van der Waals surface area contributed by atoms with E-state index in [9.17, 15) is 9.18 Å². The van der Waals surface area contributed by atoms with Gasteiger partial charge in [0.1, 0.15) is 11.6 Å². The molecule has 1 aromatic heterocycles. The summed E-state index contributed by atoms with van der Waals surface area (Å²) < 4.78 is 13.3. The van der Waals surface area contributed by atoms with Crippen molar-refractivity contribution in [1.29, 1.82) is 0 Å². The molecule has 25 heavy (non-hydrogen) atoms. The van der Waals surface area contributed by atoms with Crippen molar-refractivity contribution in [2.75, 3.05) is 31.1 Å². The van der Waals surface area contributed by atoms with Crippen LogP contribution in [0.25, 0.3) is 10.9 Å². The summed E-state index contributed by atoms with van der Waals surface area (Å²) >= 11 is 0. The van der Waals surface area contributed by atoms with Gasteiger partial charge in [-0.05, 0) is 36.4 Å². The number of hydrogen-bond acceptors (Lipinski definition) is 3. The van der Waals surface area contributed by atoms with Crippen molar-refractivity contribution >= 4 is 22.6 Å². The summed E-state index contributed by atoms with van der Waals surface area (Å²) in [5.74, 6) is 0.423. The summed E-state index contributed by atoms with van der Waals surface area (Å²) in [6.45, 7) is 2.63. The number of pyridine rings is 1. The average molecular weight is 335 g/mol. The van der Waals surface area contributed by atoms with Crippen LogP contribution in [0.15, 0.2) is 60.7 Å². The molecule has 2 aromatic carbocycles. The van der Waals surface area contributed by atoms with Crippen LogP contribution in [0.5, 0.6) is 0 Å². The summed E-state index contributed by atoms with van der Waals surface area (Å²) in [5, 5.41) is 1.12.